The highest BCUT2D eigenvalue weighted by molar-refractivity contribution is 5.92. The van der Waals surface area contributed by atoms with Gasteiger partial charge in [0.1, 0.15) is 0 Å². The first-order valence-electron chi connectivity index (χ1n) is 6.54. The van der Waals surface area contributed by atoms with E-state index in [0.717, 1.165) is 12.2 Å². The summed E-state index contributed by atoms with van der Waals surface area (Å²) < 4.78 is 10.4. The van der Waals surface area contributed by atoms with E-state index in [1.165, 1.54) is 0 Å². The number of carbonyl (C=O) groups excluding carboxylic acids is 1. The first-order chi connectivity index (χ1) is 9.13. The monoisotopic (exact) mass is 264 g/mol. The molecule has 0 spiro atoms. The molecule has 5 heteroatoms. The predicted molar refractivity (Wildman–Crippen MR) is 74.4 cm³/mol. The van der Waals surface area contributed by atoms with Gasteiger partial charge < -0.3 is 20.1 Å². The van der Waals surface area contributed by atoms with Crippen LogP contribution in [0.15, 0.2) is 18.2 Å². The van der Waals surface area contributed by atoms with Gasteiger partial charge in [-0.1, -0.05) is 0 Å². The minimum absolute atomic E-state index is 0.282. The summed E-state index contributed by atoms with van der Waals surface area (Å²) in [6.07, 6.45) is 0. The summed E-state index contributed by atoms with van der Waals surface area (Å²) >= 11 is 0. The van der Waals surface area contributed by atoms with Crippen LogP contribution >= 0.6 is 0 Å². The molecule has 5 nitrogen and oxygen atoms in total. The van der Waals surface area contributed by atoms with Crippen molar-refractivity contribution in [3.63, 3.8) is 0 Å². The molecule has 1 aliphatic heterocycles. The number of carbonyl (C=O) groups is 1. The summed E-state index contributed by atoms with van der Waals surface area (Å²) in [5.41, 5.74) is 8.09. The van der Waals surface area contributed by atoms with Gasteiger partial charge in [0.15, 0.2) is 0 Å². The summed E-state index contributed by atoms with van der Waals surface area (Å²) in [5.74, 6) is -0.337. The van der Waals surface area contributed by atoms with Crippen molar-refractivity contribution in [1.82, 2.24) is 0 Å². The molecule has 2 N–H and O–H groups in total. The molecule has 1 fully saturated rings. The number of anilines is 2. The van der Waals surface area contributed by atoms with E-state index in [1.54, 1.807) is 19.1 Å². The first-order valence-corrected chi connectivity index (χ1v) is 6.54. The number of nitrogens with zero attached hydrogens (tertiary/aromatic N) is 1. The number of esters is 1. The Morgan fingerprint density at radius 1 is 1.58 bits per heavy atom. The van der Waals surface area contributed by atoms with Gasteiger partial charge in [-0.05, 0) is 32.0 Å². The standard InChI is InChI=1S/C14H20N2O3/c1-3-19-14(17)11-4-5-13(12(15)8-11)16-6-7-18-9-10(16)2/h4-5,8,10H,3,6-7,9,15H2,1-2H3. The van der Waals surface area contributed by atoms with Crippen LogP contribution in [0.25, 0.3) is 0 Å². The Morgan fingerprint density at radius 2 is 2.37 bits per heavy atom. The lowest BCUT2D eigenvalue weighted by Gasteiger charge is -2.36. The second-order valence-corrected chi connectivity index (χ2v) is 4.61. The van der Waals surface area contributed by atoms with E-state index in [1.807, 2.05) is 6.07 Å². The van der Waals surface area contributed by atoms with Gasteiger partial charge in [0, 0.05) is 12.6 Å². The SMILES string of the molecule is CCOC(=O)c1ccc(N2CCOCC2C)c(N)c1. The van der Waals surface area contributed by atoms with Crippen molar-refractivity contribution in [2.24, 2.45) is 0 Å². The fourth-order valence-corrected chi connectivity index (χ4v) is 2.24. The van der Waals surface area contributed by atoms with E-state index in [2.05, 4.69) is 11.8 Å². The summed E-state index contributed by atoms with van der Waals surface area (Å²) in [5, 5.41) is 0. The molecule has 0 aromatic heterocycles. The summed E-state index contributed by atoms with van der Waals surface area (Å²) in [4.78, 5) is 13.8. The zero-order valence-corrected chi connectivity index (χ0v) is 11.4. The lowest BCUT2D eigenvalue weighted by Crippen LogP contribution is -2.44. The van der Waals surface area contributed by atoms with Crippen LogP contribution in [0.4, 0.5) is 11.4 Å². The zero-order valence-electron chi connectivity index (χ0n) is 11.4. The fraction of sp³-hybridized carbons (Fsp3) is 0.500. The maximum atomic E-state index is 11.6. The predicted octanol–water partition coefficient (Wildman–Crippen LogP) is 1.67. The Hall–Kier alpha value is -1.75. The van der Waals surface area contributed by atoms with Gasteiger partial charge in [-0.2, -0.15) is 0 Å². The molecule has 19 heavy (non-hydrogen) atoms. The van der Waals surface area contributed by atoms with Crippen molar-refractivity contribution < 1.29 is 14.3 Å². The Labute approximate surface area is 113 Å². The number of morpholine rings is 1. The number of ether oxygens (including phenoxy) is 2. The smallest absolute Gasteiger partial charge is 0.338 e. The van der Waals surface area contributed by atoms with Crippen LogP contribution in [0.2, 0.25) is 0 Å². The van der Waals surface area contributed by atoms with E-state index >= 15 is 0 Å². The second kappa shape index (κ2) is 5.93. The molecule has 1 aromatic carbocycles. The molecule has 0 aliphatic carbocycles. The lowest BCUT2D eigenvalue weighted by atomic mass is 10.1. The molecule has 1 unspecified atom stereocenters. The van der Waals surface area contributed by atoms with Gasteiger partial charge in [0.2, 0.25) is 0 Å². The Morgan fingerprint density at radius 3 is 3.00 bits per heavy atom. The Kier molecular flexibility index (Phi) is 4.27. The van der Waals surface area contributed by atoms with E-state index in [9.17, 15) is 4.79 Å². The molecule has 0 saturated carbocycles. The van der Waals surface area contributed by atoms with E-state index < -0.39 is 0 Å². The largest absolute Gasteiger partial charge is 0.462 e. The average Bonchev–Trinajstić information content (AvgIpc) is 2.40. The quantitative estimate of drug-likeness (QED) is 0.664. The third-order valence-corrected chi connectivity index (χ3v) is 3.22. The molecule has 0 bridgehead atoms. The number of hydrogen-bond acceptors (Lipinski definition) is 5. The molecule has 104 valence electrons. The van der Waals surface area contributed by atoms with Crippen molar-refractivity contribution in [2.45, 2.75) is 19.9 Å². The maximum absolute atomic E-state index is 11.6. The molecule has 1 aliphatic rings. The first kappa shape index (κ1) is 13.7. The average molecular weight is 264 g/mol. The molecule has 1 heterocycles. The summed E-state index contributed by atoms with van der Waals surface area (Å²) in [6.45, 7) is 6.44. The third-order valence-electron chi connectivity index (χ3n) is 3.22. The third kappa shape index (κ3) is 2.98. The van der Waals surface area contributed by atoms with Crippen LogP contribution in [-0.4, -0.2) is 38.4 Å². The molecule has 1 aromatic rings. The number of hydrogen-bond donors (Lipinski definition) is 1. The van der Waals surface area contributed by atoms with Gasteiger partial charge in [-0.3, -0.25) is 0 Å². The van der Waals surface area contributed by atoms with Crippen molar-refractivity contribution >= 4 is 17.3 Å². The molecule has 2 rings (SSSR count). The van der Waals surface area contributed by atoms with Gasteiger partial charge in [0.25, 0.3) is 0 Å². The van der Waals surface area contributed by atoms with Crippen LogP contribution < -0.4 is 10.6 Å². The maximum Gasteiger partial charge on any atom is 0.338 e. The van der Waals surface area contributed by atoms with Crippen molar-refractivity contribution in [1.29, 1.82) is 0 Å². The number of rotatable bonds is 3. The van der Waals surface area contributed by atoms with Crippen LogP contribution in [0, 0.1) is 0 Å². The number of nitrogens with two attached hydrogens (primary N) is 1. The van der Waals surface area contributed by atoms with Crippen molar-refractivity contribution in [2.75, 3.05) is 37.0 Å². The molecular formula is C14H20N2O3. The van der Waals surface area contributed by atoms with Crippen LogP contribution in [0.3, 0.4) is 0 Å². The summed E-state index contributed by atoms with van der Waals surface area (Å²) in [7, 11) is 0. The highest BCUT2D eigenvalue weighted by atomic mass is 16.5. The van der Waals surface area contributed by atoms with Crippen molar-refractivity contribution in [3.05, 3.63) is 23.8 Å². The van der Waals surface area contributed by atoms with Crippen LogP contribution in [-0.2, 0) is 9.47 Å². The molecule has 1 atom stereocenters. The lowest BCUT2D eigenvalue weighted by molar-refractivity contribution is 0.0526. The molecular weight excluding hydrogens is 244 g/mol. The van der Waals surface area contributed by atoms with Gasteiger partial charge in [-0.25, -0.2) is 4.79 Å². The molecule has 0 radical (unpaired) electrons. The highest BCUT2D eigenvalue weighted by Gasteiger charge is 2.21. The van der Waals surface area contributed by atoms with Crippen molar-refractivity contribution in [3.8, 4) is 0 Å². The van der Waals surface area contributed by atoms with Crippen LogP contribution in [0.1, 0.15) is 24.2 Å². The van der Waals surface area contributed by atoms with E-state index in [4.69, 9.17) is 15.2 Å². The van der Waals surface area contributed by atoms with E-state index in [-0.39, 0.29) is 12.0 Å². The minimum Gasteiger partial charge on any atom is -0.462 e. The fourth-order valence-electron chi connectivity index (χ4n) is 2.24. The zero-order chi connectivity index (χ0) is 13.8. The minimum atomic E-state index is -0.337. The Balaban J connectivity index is 2.21. The Bertz CT molecular complexity index is 462. The van der Waals surface area contributed by atoms with Gasteiger partial charge in [0.05, 0.1) is 36.8 Å². The van der Waals surface area contributed by atoms with Crippen LogP contribution in [0.5, 0.6) is 0 Å². The highest BCUT2D eigenvalue weighted by Crippen LogP contribution is 2.27. The topological polar surface area (TPSA) is 64.8 Å². The van der Waals surface area contributed by atoms with E-state index in [0.29, 0.717) is 31.1 Å². The number of benzene rings is 1. The molecule has 0 amide bonds. The van der Waals surface area contributed by atoms with Gasteiger partial charge >= 0.3 is 5.97 Å². The summed E-state index contributed by atoms with van der Waals surface area (Å²) in [6, 6.07) is 5.59. The normalized spacial score (nSPS) is 19.3. The second-order valence-electron chi connectivity index (χ2n) is 4.61. The molecule has 1 saturated heterocycles. The van der Waals surface area contributed by atoms with Gasteiger partial charge in [-0.15, -0.1) is 0 Å². The number of nitrogen functional groups attached to an aromatic ring is 1.